The van der Waals surface area contributed by atoms with Crippen LogP contribution in [0.2, 0.25) is 5.02 Å². The number of rotatable bonds is 4. The second-order valence-corrected chi connectivity index (χ2v) is 5.78. The highest BCUT2D eigenvalue weighted by Gasteiger charge is 2.13. The molecule has 3 rings (SSSR count). The van der Waals surface area contributed by atoms with E-state index < -0.39 is 5.91 Å². The summed E-state index contributed by atoms with van der Waals surface area (Å²) < 4.78 is 5.15. The lowest BCUT2D eigenvalue weighted by molar-refractivity contribution is 0.0955. The van der Waals surface area contributed by atoms with Crippen LogP contribution in [0.3, 0.4) is 0 Å². The van der Waals surface area contributed by atoms with E-state index in [1.54, 1.807) is 24.3 Å². The predicted molar refractivity (Wildman–Crippen MR) is 88.0 cm³/mol. The summed E-state index contributed by atoms with van der Waals surface area (Å²) in [5, 5.41) is 15.9. The van der Waals surface area contributed by atoms with Gasteiger partial charge in [0.05, 0.1) is 11.1 Å². The molecule has 0 saturated heterocycles. The minimum atomic E-state index is -0.403. The number of nitrogens with one attached hydrogen (secondary N) is 1. The van der Waals surface area contributed by atoms with Crippen molar-refractivity contribution in [3.8, 4) is 16.7 Å². The first-order chi connectivity index (χ1) is 11.1. The number of carbonyl (C=O) groups is 1. The van der Waals surface area contributed by atoms with Crippen molar-refractivity contribution in [3.63, 3.8) is 0 Å². The number of aromatic nitrogens is 1. The molecular formula is C15H10ClN3O3S. The number of thiophene rings is 1. The van der Waals surface area contributed by atoms with E-state index in [0.29, 0.717) is 16.5 Å². The molecule has 0 atom stereocenters. The third-order valence-electron chi connectivity index (χ3n) is 2.83. The molecule has 23 heavy (non-hydrogen) atoms. The van der Waals surface area contributed by atoms with E-state index in [-0.39, 0.29) is 11.6 Å². The van der Waals surface area contributed by atoms with Gasteiger partial charge in [-0.05, 0) is 35.7 Å². The van der Waals surface area contributed by atoms with Crippen molar-refractivity contribution in [2.24, 2.45) is 5.10 Å². The van der Waals surface area contributed by atoms with Crippen LogP contribution < -0.4 is 5.43 Å². The van der Waals surface area contributed by atoms with Gasteiger partial charge in [0, 0.05) is 10.6 Å². The summed E-state index contributed by atoms with van der Waals surface area (Å²) in [5.41, 5.74) is 2.88. The Labute approximate surface area is 140 Å². The van der Waals surface area contributed by atoms with Gasteiger partial charge < -0.3 is 9.52 Å². The molecule has 2 N–H and O–H groups in total. The van der Waals surface area contributed by atoms with Gasteiger partial charge in [0.25, 0.3) is 5.91 Å². The van der Waals surface area contributed by atoms with E-state index in [9.17, 15) is 9.90 Å². The van der Waals surface area contributed by atoms with Crippen molar-refractivity contribution in [1.82, 2.24) is 10.4 Å². The van der Waals surface area contributed by atoms with Gasteiger partial charge in [0.15, 0.2) is 5.69 Å². The Kier molecular flexibility index (Phi) is 4.40. The van der Waals surface area contributed by atoms with Gasteiger partial charge in [-0.2, -0.15) is 5.10 Å². The van der Waals surface area contributed by atoms with E-state index in [2.05, 4.69) is 15.5 Å². The lowest BCUT2D eigenvalue weighted by Gasteiger charge is -1.98. The summed E-state index contributed by atoms with van der Waals surface area (Å²) in [7, 11) is 0. The van der Waals surface area contributed by atoms with Crippen LogP contribution in [0, 0.1) is 0 Å². The SMILES string of the molecule is O=C(NN=Cc1nc(-c2cccs2)oc1O)c1ccc(Cl)cc1. The summed E-state index contributed by atoms with van der Waals surface area (Å²) in [6, 6.07) is 10.0. The van der Waals surface area contributed by atoms with E-state index >= 15 is 0 Å². The maximum absolute atomic E-state index is 11.9. The second kappa shape index (κ2) is 6.64. The summed E-state index contributed by atoms with van der Waals surface area (Å²) in [6.45, 7) is 0. The first-order valence-corrected chi connectivity index (χ1v) is 7.72. The number of oxazole rings is 1. The standard InChI is InChI=1S/C15H10ClN3O3S/c16-10-5-3-9(4-6-10)13(20)19-17-8-11-15(21)22-14(18-11)12-2-1-7-23-12/h1-8,21H,(H,19,20). The fourth-order valence-electron chi connectivity index (χ4n) is 1.73. The van der Waals surface area contributed by atoms with Crippen LogP contribution in [0.25, 0.3) is 10.8 Å². The molecule has 0 aliphatic carbocycles. The molecular weight excluding hydrogens is 338 g/mol. The van der Waals surface area contributed by atoms with Crippen molar-refractivity contribution in [1.29, 1.82) is 0 Å². The van der Waals surface area contributed by atoms with Crippen LogP contribution in [0.5, 0.6) is 5.95 Å². The molecule has 8 heteroatoms. The van der Waals surface area contributed by atoms with Gasteiger partial charge in [-0.15, -0.1) is 11.3 Å². The predicted octanol–water partition coefficient (Wildman–Crippen LogP) is 3.53. The van der Waals surface area contributed by atoms with E-state index in [1.165, 1.54) is 17.6 Å². The zero-order valence-electron chi connectivity index (χ0n) is 11.6. The number of carbonyl (C=O) groups excluding carboxylic acids is 1. The van der Waals surface area contributed by atoms with E-state index in [1.807, 2.05) is 17.5 Å². The van der Waals surface area contributed by atoms with Crippen LogP contribution in [0.4, 0.5) is 0 Å². The molecule has 116 valence electrons. The maximum Gasteiger partial charge on any atom is 0.312 e. The Morgan fingerprint density at radius 2 is 2.13 bits per heavy atom. The minimum absolute atomic E-state index is 0.129. The van der Waals surface area contributed by atoms with Crippen LogP contribution in [0.15, 0.2) is 51.3 Å². The molecule has 0 saturated carbocycles. The zero-order valence-corrected chi connectivity index (χ0v) is 13.1. The smallest absolute Gasteiger partial charge is 0.312 e. The Balaban J connectivity index is 1.68. The molecule has 3 aromatic rings. The van der Waals surface area contributed by atoms with Gasteiger partial charge in [0.1, 0.15) is 0 Å². The summed E-state index contributed by atoms with van der Waals surface area (Å²) in [4.78, 5) is 16.7. The van der Waals surface area contributed by atoms with Crippen molar-refractivity contribution in [2.45, 2.75) is 0 Å². The lowest BCUT2D eigenvalue weighted by Crippen LogP contribution is -2.17. The number of aromatic hydroxyl groups is 1. The van der Waals surface area contributed by atoms with Crippen molar-refractivity contribution >= 4 is 35.1 Å². The summed E-state index contributed by atoms with van der Waals surface area (Å²) >= 11 is 7.19. The Morgan fingerprint density at radius 1 is 1.35 bits per heavy atom. The Hall–Kier alpha value is -2.64. The zero-order chi connectivity index (χ0) is 16.2. The van der Waals surface area contributed by atoms with Crippen molar-refractivity contribution in [3.05, 3.63) is 58.1 Å². The quantitative estimate of drug-likeness (QED) is 0.558. The Morgan fingerprint density at radius 3 is 2.83 bits per heavy atom. The molecule has 0 unspecified atom stereocenters. The average Bonchev–Trinajstić information content (AvgIpc) is 3.18. The number of hydrogen-bond acceptors (Lipinski definition) is 6. The number of hydrogen-bond donors (Lipinski definition) is 2. The molecule has 1 aromatic carbocycles. The van der Waals surface area contributed by atoms with Crippen LogP contribution >= 0.6 is 22.9 Å². The Bertz CT molecular complexity index is 841. The number of nitrogens with zero attached hydrogens (tertiary/aromatic N) is 2. The van der Waals surface area contributed by atoms with Crippen molar-refractivity contribution in [2.75, 3.05) is 0 Å². The molecule has 0 aliphatic rings. The first kappa shape index (κ1) is 15.3. The normalized spacial score (nSPS) is 11.0. The van der Waals surface area contributed by atoms with Crippen molar-refractivity contribution < 1.29 is 14.3 Å². The molecule has 1 amide bonds. The summed E-state index contributed by atoms with van der Waals surface area (Å²) in [5.74, 6) is -0.472. The first-order valence-electron chi connectivity index (χ1n) is 6.46. The second-order valence-electron chi connectivity index (χ2n) is 4.39. The van der Waals surface area contributed by atoms with Gasteiger partial charge in [-0.1, -0.05) is 17.7 Å². The highest BCUT2D eigenvalue weighted by Crippen LogP contribution is 2.28. The van der Waals surface area contributed by atoms with Gasteiger partial charge in [0.2, 0.25) is 5.89 Å². The molecule has 2 aromatic heterocycles. The fourth-order valence-corrected chi connectivity index (χ4v) is 2.51. The molecule has 2 heterocycles. The molecule has 0 fully saturated rings. The van der Waals surface area contributed by atoms with Crippen LogP contribution in [-0.4, -0.2) is 22.2 Å². The van der Waals surface area contributed by atoms with Crippen LogP contribution in [0.1, 0.15) is 16.1 Å². The number of amides is 1. The van der Waals surface area contributed by atoms with E-state index in [4.69, 9.17) is 16.0 Å². The third-order valence-corrected chi connectivity index (χ3v) is 3.94. The number of hydrazone groups is 1. The third kappa shape index (κ3) is 3.58. The van der Waals surface area contributed by atoms with Gasteiger partial charge in [-0.3, -0.25) is 4.79 Å². The van der Waals surface area contributed by atoms with Gasteiger partial charge in [-0.25, -0.2) is 10.4 Å². The number of benzene rings is 1. The summed E-state index contributed by atoms with van der Waals surface area (Å²) in [6.07, 6.45) is 1.21. The monoisotopic (exact) mass is 347 g/mol. The lowest BCUT2D eigenvalue weighted by atomic mass is 10.2. The maximum atomic E-state index is 11.9. The number of halogens is 1. The van der Waals surface area contributed by atoms with Gasteiger partial charge >= 0.3 is 5.95 Å². The average molecular weight is 348 g/mol. The topological polar surface area (TPSA) is 87.7 Å². The minimum Gasteiger partial charge on any atom is -0.479 e. The molecule has 6 nitrogen and oxygen atoms in total. The van der Waals surface area contributed by atoms with Crippen LogP contribution in [-0.2, 0) is 0 Å². The molecule has 0 radical (unpaired) electrons. The fraction of sp³-hybridized carbons (Fsp3) is 0. The molecule has 0 spiro atoms. The molecule has 0 bridgehead atoms. The highest BCUT2D eigenvalue weighted by molar-refractivity contribution is 7.13. The largest absolute Gasteiger partial charge is 0.479 e. The molecule has 0 aliphatic heterocycles. The highest BCUT2D eigenvalue weighted by atomic mass is 35.5. The van der Waals surface area contributed by atoms with E-state index in [0.717, 1.165) is 4.88 Å².